The number of rotatable bonds is 5. The van der Waals surface area contributed by atoms with Gasteiger partial charge in [0.25, 0.3) is 0 Å². The van der Waals surface area contributed by atoms with Crippen molar-refractivity contribution in [3.8, 4) is 0 Å². The van der Waals surface area contributed by atoms with Crippen LogP contribution in [0.5, 0.6) is 0 Å². The summed E-state index contributed by atoms with van der Waals surface area (Å²) in [5.74, 6) is 0.318. The van der Waals surface area contributed by atoms with E-state index >= 15 is 0 Å². The number of methoxy groups -OCH3 is 1. The number of carbonyl (C=O) groups is 1. The first-order valence-corrected chi connectivity index (χ1v) is 8.13. The van der Waals surface area contributed by atoms with Crippen LogP contribution in [0.15, 0.2) is 47.1 Å². The van der Waals surface area contributed by atoms with E-state index in [4.69, 9.17) is 17.0 Å². The lowest BCUT2D eigenvalue weighted by Crippen LogP contribution is -2.30. The molecule has 0 aliphatic heterocycles. The van der Waals surface area contributed by atoms with Gasteiger partial charge in [-0.05, 0) is 58.3 Å². The Bertz CT molecular complexity index is 709. The fraction of sp³-hybridized carbons (Fsp3) is 0.188. The Morgan fingerprint density at radius 2 is 2.09 bits per heavy atom. The number of hydrogen-bond acceptors (Lipinski definition) is 4. The number of thiocarbonyl (C=S) groups is 1. The summed E-state index contributed by atoms with van der Waals surface area (Å²) in [6.45, 7) is 0.588. The fourth-order valence-electron chi connectivity index (χ4n) is 1.99. The van der Waals surface area contributed by atoms with Crippen LogP contribution < -0.4 is 10.6 Å². The molecule has 23 heavy (non-hydrogen) atoms. The van der Waals surface area contributed by atoms with E-state index in [2.05, 4.69) is 31.5 Å². The molecule has 2 rings (SSSR count). The molecule has 0 radical (unpaired) electrons. The maximum atomic E-state index is 11.7. The van der Waals surface area contributed by atoms with Crippen LogP contribution in [0.25, 0.3) is 0 Å². The fourth-order valence-corrected chi connectivity index (χ4v) is 2.54. The largest absolute Gasteiger partial charge is 0.465 e. The molecule has 0 saturated heterocycles. The van der Waals surface area contributed by atoms with Crippen molar-refractivity contribution in [1.29, 1.82) is 0 Å². The minimum atomic E-state index is -0.335. The number of hydrogen-bond donors (Lipinski definition) is 2. The van der Waals surface area contributed by atoms with Gasteiger partial charge in [0.05, 0.1) is 17.1 Å². The number of esters is 1. The summed E-state index contributed by atoms with van der Waals surface area (Å²) in [5.41, 5.74) is 1.48. The number of carbonyl (C=O) groups excluding carboxylic acids is 1. The monoisotopic (exact) mass is 393 g/mol. The minimum Gasteiger partial charge on any atom is -0.465 e. The molecule has 0 bridgehead atoms. The summed E-state index contributed by atoms with van der Waals surface area (Å²) >= 11 is 8.64. The van der Waals surface area contributed by atoms with Crippen molar-refractivity contribution >= 4 is 45.0 Å². The van der Waals surface area contributed by atoms with Crippen LogP contribution in [0.2, 0.25) is 0 Å². The van der Waals surface area contributed by atoms with Crippen molar-refractivity contribution in [3.05, 3.63) is 58.2 Å². The van der Waals surface area contributed by atoms with E-state index in [9.17, 15) is 4.79 Å². The Morgan fingerprint density at radius 3 is 2.83 bits per heavy atom. The van der Waals surface area contributed by atoms with Gasteiger partial charge in [0.15, 0.2) is 5.11 Å². The van der Waals surface area contributed by atoms with Crippen LogP contribution in [0.3, 0.4) is 0 Å². The third-order valence-corrected chi connectivity index (χ3v) is 3.98. The lowest BCUT2D eigenvalue weighted by Gasteiger charge is -2.12. The van der Waals surface area contributed by atoms with Crippen LogP contribution in [-0.2, 0) is 11.2 Å². The molecule has 120 valence electrons. The number of aromatic nitrogens is 1. The van der Waals surface area contributed by atoms with E-state index in [1.54, 1.807) is 12.3 Å². The zero-order chi connectivity index (χ0) is 16.7. The second kappa shape index (κ2) is 8.59. The van der Waals surface area contributed by atoms with E-state index in [0.717, 1.165) is 10.0 Å². The highest BCUT2D eigenvalue weighted by molar-refractivity contribution is 9.10. The number of anilines is 1. The average molecular weight is 394 g/mol. The minimum absolute atomic E-state index is 0.335. The van der Waals surface area contributed by atoms with Crippen LogP contribution in [0, 0.1) is 0 Å². The first-order chi connectivity index (χ1) is 11.1. The second-order valence-electron chi connectivity index (χ2n) is 4.61. The average Bonchev–Trinajstić information content (AvgIpc) is 2.57. The van der Waals surface area contributed by atoms with Gasteiger partial charge in [-0.15, -0.1) is 0 Å². The van der Waals surface area contributed by atoms with Gasteiger partial charge in [0, 0.05) is 12.7 Å². The van der Waals surface area contributed by atoms with Crippen molar-refractivity contribution in [2.75, 3.05) is 19.0 Å². The highest BCUT2D eigenvalue weighted by atomic mass is 79.9. The van der Waals surface area contributed by atoms with Gasteiger partial charge in [0.2, 0.25) is 0 Å². The molecule has 7 heteroatoms. The zero-order valence-corrected chi connectivity index (χ0v) is 14.9. The first kappa shape index (κ1) is 17.4. The lowest BCUT2D eigenvalue weighted by atomic mass is 10.0. The van der Waals surface area contributed by atoms with E-state index in [1.807, 2.05) is 30.3 Å². The second-order valence-corrected chi connectivity index (χ2v) is 5.88. The van der Waals surface area contributed by atoms with Gasteiger partial charge in [-0.2, -0.15) is 0 Å². The Balaban J connectivity index is 1.89. The molecule has 5 nitrogen and oxygen atoms in total. The lowest BCUT2D eigenvalue weighted by molar-refractivity contribution is 0.0599. The SMILES string of the molecule is COC(=O)c1ccccc1CCNC(=S)Nc1ncccc1Br. The highest BCUT2D eigenvalue weighted by Gasteiger charge is 2.10. The van der Waals surface area contributed by atoms with Crippen molar-refractivity contribution < 1.29 is 9.53 Å². The number of ether oxygens (including phenoxy) is 1. The number of nitrogens with zero attached hydrogens (tertiary/aromatic N) is 1. The molecule has 0 aliphatic carbocycles. The summed E-state index contributed by atoms with van der Waals surface area (Å²) in [5, 5.41) is 6.59. The summed E-state index contributed by atoms with van der Waals surface area (Å²) in [6, 6.07) is 11.1. The number of halogens is 1. The quantitative estimate of drug-likeness (QED) is 0.600. The van der Waals surface area contributed by atoms with Crippen molar-refractivity contribution in [3.63, 3.8) is 0 Å². The van der Waals surface area contributed by atoms with Crippen LogP contribution in [0.4, 0.5) is 5.82 Å². The molecule has 1 aromatic carbocycles. The zero-order valence-electron chi connectivity index (χ0n) is 12.5. The molecule has 0 atom stereocenters. The van der Waals surface area contributed by atoms with Crippen LogP contribution in [-0.4, -0.2) is 29.7 Å². The normalized spacial score (nSPS) is 10.0. The molecule has 0 aliphatic rings. The first-order valence-electron chi connectivity index (χ1n) is 6.93. The molecule has 1 aromatic heterocycles. The third-order valence-electron chi connectivity index (χ3n) is 3.09. The Labute approximate surface area is 148 Å². The maximum absolute atomic E-state index is 11.7. The van der Waals surface area contributed by atoms with Gasteiger partial charge in [-0.1, -0.05) is 18.2 Å². The molecule has 0 unspecified atom stereocenters. The maximum Gasteiger partial charge on any atom is 0.338 e. The van der Waals surface area contributed by atoms with Crippen molar-refractivity contribution in [1.82, 2.24) is 10.3 Å². The molecule has 0 amide bonds. The van der Waals surface area contributed by atoms with Crippen molar-refractivity contribution in [2.45, 2.75) is 6.42 Å². The number of benzene rings is 1. The Hall–Kier alpha value is -1.99. The molecule has 2 aromatic rings. The van der Waals surface area contributed by atoms with Gasteiger partial charge >= 0.3 is 5.97 Å². The molecular formula is C16H16BrN3O2S. The van der Waals surface area contributed by atoms with Crippen LogP contribution >= 0.6 is 28.1 Å². The van der Waals surface area contributed by atoms with Gasteiger partial charge < -0.3 is 15.4 Å². The Morgan fingerprint density at radius 1 is 1.30 bits per heavy atom. The van der Waals surface area contributed by atoms with E-state index in [1.165, 1.54) is 7.11 Å². The standard InChI is InChI=1S/C16H16BrN3O2S/c1-22-15(21)12-6-3-2-5-11(12)8-10-19-16(23)20-14-13(17)7-4-9-18-14/h2-7,9H,8,10H2,1H3,(H2,18,19,20,23). The van der Waals surface area contributed by atoms with Gasteiger partial charge in [0.1, 0.15) is 5.82 Å². The van der Waals surface area contributed by atoms with E-state index in [0.29, 0.717) is 29.5 Å². The highest BCUT2D eigenvalue weighted by Crippen LogP contribution is 2.18. The number of pyridine rings is 1. The molecule has 0 saturated carbocycles. The smallest absolute Gasteiger partial charge is 0.338 e. The molecular weight excluding hydrogens is 378 g/mol. The number of nitrogens with one attached hydrogen (secondary N) is 2. The predicted octanol–water partition coefficient (Wildman–Crippen LogP) is 3.16. The summed E-state index contributed by atoms with van der Waals surface area (Å²) in [4.78, 5) is 15.9. The summed E-state index contributed by atoms with van der Waals surface area (Å²) in [6.07, 6.45) is 2.33. The molecule has 1 heterocycles. The summed E-state index contributed by atoms with van der Waals surface area (Å²) in [7, 11) is 1.38. The third kappa shape index (κ3) is 5.01. The predicted molar refractivity (Wildman–Crippen MR) is 97.6 cm³/mol. The molecule has 0 spiro atoms. The van der Waals surface area contributed by atoms with E-state index < -0.39 is 0 Å². The molecule has 0 fully saturated rings. The Kier molecular flexibility index (Phi) is 6.49. The summed E-state index contributed by atoms with van der Waals surface area (Å²) < 4.78 is 5.62. The molecule has 2 N–H and O–H groups in total. The van der Waals surface area contributed by atoms with Gasteiger partial charge in [-0.3, -0.25) is 0 Å². The topological polar surface area (TPSA) is 63.2 Å². The van der Waals surface area contributed by atoms with Crippen LogP contribution in [0.1, 0.15) is 15.9 Å². The van der Waals surface area contributed by atoms with E-state index in [-0.39, 0.29) is 5.97 Å². The van der Waals surface area contributed by atoms with Gasteiger partial charge in [-0.25, -0.2) is 9.78 Å². The van der Waals surface area contributed by atoms with Crippen molar-refractivity contribution in [2.24, 2.45) is 0 Å².